The monoisotopic (exact) mass is 297 g/mol. The van der Waals surface area contributed by atoms with Crippen molar-refractivity contribution in [2.45, 2.75) is 5.92 Å². The number of thiocarbonyl (C=S) groups is 1. The molecule has 92 valence electrons. The molecule has 6 heteroatoms. The first-order valence-corrected chi connectivity index (χ1v) is 6.28. The molecule has 1 heterocycles. The van der Waals surface area contributed by atoms with Crippen molar-refractivity contribution in [2.75, 3.05) is 0 Å². The Bertz CT molecular complexity index is 575. The van der Waals surface area contributed by atoms with Gasteiger partial charge in [-0.25, -0.2) is 0 Å². The lowest BCUT2D eigenvalue weighted by Gasteiger charge is -2.15. The van der Waals surface area contributed by atoms with Crippen LogP contribution in [-0.2, 0) is 0 Å². The highest BCUT2D eigenvalue weighted by Crippen LogP contribution is 2.29. The standard InChI is InChI=1S/C12H9Cl2N3S/c13-8-4-3-7(6-9(8)14)11(12(15)18)10-2-1-5-16-17-10/h1-6,11H,(H2,15,18). The third kappa shape index (κ3) is 2.77. The summed E-state index contributed by atoms with van der Waals surface area (Å²) in [5.74, 6) is -0.316. The van der Waals surface area contributed by atoms with Gasteiger partial charge in [0.25, 0.3) is 0 Å². The first kappa shape index (κ1) is 13.2. The van der Waals surface area contributed by atoms with E-state index in [0.29, 0.717) is 20.7 Å². The molecule has 0 fully saturated rings. The molecule has 0 saturated carbocycles. The van der Waals surface area contributed by atoms with Crippen LogP contribution in [0.4, 0.5) is 0 Å². The Balaban J connectivity index is 2.49. The van der Waals surface area contributed by atoms with Crippen LogP contribution in [0, 0.1) is 0 Å². The van der Waals surface area contributed by atoms with Crippen molar-refractivity contribution in [3.63, 3.8) is 0 Å². The zero-order valence-corrected chi connectivity index (χ0v) is 11.5. The molecular formula is C12H9Cl2N3S. The molecule has 1 unspecified atom stereocenters. The quantitative estimate of drug-likeness (QED) is 0.884. The highest BCUT2D eigenvalue weighted by molar-refractivity contribution is 7.80. The molecule has 0 aliphatic heterocycles. The summed E-state index contributed by atoms with van der Waals surface area (Å²) in [6, 6.07) is 8.88. The van der Waals surface area contributed by atoms with Crippen molar-refractivity contribution < 1.29 is 0 Å². The zero-order chi connectivity index (χ0) is 13.1. The van der Waals surface area contributed by atoms with Crippen LogP contribution in [0.2, 0.25) is 10.0 Å². The van der Waals surface area contributed by atoms with Gasteiger partial charge in [-0.05, 0) is 29.8 Å². The molecule has 0 radical (unpaired) electrons. The Morgan fingerprint density at radius 2 is 2.00 bits per heavy atom. The summed E-state index contributed by atoms with van der Waals surface area (Å²) >= 11 is 17.0. The highest BCUT2D eigenvalue weighted by atomic mass is 35.5. The van der Waals surface area contributed by atoms with Crippen molar-refractivity contribution in [1.82, 2.24) is 10.2 Å². The number of rotatable bonds is 3. The van der Waals surface area contributed by atoms with Gasteiger partial charge in [-0.1, -0.05) is 41.5 Å². The molecule has 2 N–H and O–H groups in total. The van der Waals surface area contributed by atoms with E-state index in [-0.39, 0.29) is 5.92 Å². The number of hydrogen-bond donors (Lipinski definition) is 1. The van der Waals surface area contributed by atoms with E-state index in [2.05, 4.69) is 10.2 Å². The van der Waals surface area contributed by atoms with Crippen molar-refractivity contribution in [3.8, 4) is 0 Å². The van der Waals surface area contributed by atoms with Crippen LogP contribution in [0.3, 0.4) is 0 Å². The number of benzene rings is 1. The van der Waals surface area contributed by atoms with Gasteiger partial charge in [-0.15, -0.1) is 0 Å². The fourth-order valence-electron chi connectivity index (χ4n) is 1.64. The molecule has 1 atom stereocenters. The third-order valence-electron chi connectivity index (χ3n) is 2.45. The predicted molar refractivity (Wildman–Crippen MR) is 77.1 cm³/mol. The highest BCUT2D eigenvalue weighted by Gasteiger charge is 2.19. The van der Waals surface area contributed by atoms with Crippen LogP contribution in [0.25, 0.3) is 0 Å². The number of hydrogen-bond acceptors (Lipinski definition) is 3. The molecule has 1 aromatic heterocycles. The van der Waals surface area contributed by atoms with Gasteiger partial charge in [0.15, 0.2) is 0 Å². The van der Waals surface area contributed by atoms with Crippen LogP contribution in [0.15, 0.2) is 36.5 Å². The lowest BCUT2D eigenvalue weighted by Crippen LogP contribution is -2.21. The summed E-state index contributed by atoms with van der Waals surface area (Å²) in [6.07, 6.45) is 1.59. The summed E-state index contributed by atoms with van der Waals surface area (Å²) in [4.78, 5) is 0.314. The van der Waals surface area contributed by atoms with E-state index < -0.39 is 0 Å². The lowest BCUT2D eigenvalue weighted by atomic mass is 9.95. The Morgan fingerprint density at radius 1 is 1.22 bits per heavy atom. The fourth-order valence-corrected chi connectivity index (χ4v) is 2.20. The molecule has 0 spiro atoms. The lowest BCUT2D eigenvalue weighted by molar-refractivity contribution is 0.902. The van der Waals surface area contributed by atoms with Crippen molar-refractivity contribution in [3.05, 3.63) is 57.8 Å². The molecule has 0 aliphatic carbocycles. The molecule has 0 saturated heterocycles. The number of nitrogens with zero attached hydrogens (tertiary/aromatic N) is 2. The van der Waals surface area contributed by atoms with Gasteiger partial charge < -0.3 is 5.73 Å². The Hall–Kier alpha value is -1.23. The molecule has 2 aromatic rings. The minimum atomic E-state index is -0.316. The van der Waals surface area contributed by atoms with E-state index in [9.17, 15) is 0 Å². The van der Waals surface area contributed by atoms with Crippen molar-refractivity contribution in [2.24, 2.45) is 5.73 Å². The van der Waals surface area contributed by atoms with E-state index in [0.717, 1.165) is 5.56 Å². The maximum atomic E-state index is 6.00. The second kappa shape index (κ2) is 5.61. The van der Waals surface area contributed by atoms with E-state index in [1.54, 1.807) is 24.4 Å². The first-order chi connectivity index (χ1) is 8.59. The predicted octanol–water partition coefficient (Wildman–Crippen LogP) is 3.20. The summed E-state index contributed by atoms with van der Waals surface area (Å²) in [6.45, 7) is 0. The Kier molecular flexibility index (Phi) is 4.11. The van der Waals surface area contributed by atoms with Gasteiger partial charge in [-0.3, -0.25) is 0 Å². The molecule has 2 rings (SSSR count). The SMILES string of the molecule is NC(=S)C(c1ccc(Cl)c(Cl)c1)c1cccnn1. The van der Waals surface area contributed by atoms with E-state index in [1.165, 1.54) is 0 Å². The second-order valence-corrected chi connectivity index (χ2v) is 4.94. The average molecular weight is 298 g/mol. The molecule has 1 aromatic carbocycles. The molecule has 18 heavy (non-hydrogen) atoms. The van der Waals surface area contributed by atoms with Crippen LogP contribution >= 0.6 is 35.4 Å². The van der Waals surface area contributed by atoms with Crippen LogP contribution in [0.1, 0.15) is 17.2 Å². The van der Waals surface area contributed by atoms with Gasteiger partial charge in [0.2, 0.25) is 0 Å². The van der Waals surface area contributed by atoms with Gasteiger partial charge in [0.1, 0.15) is 0 Å². The van der Waals surface area contributed by atoms with E-state index in [4.69, 9.17) is 41.2 Å². The fraction of sp³-hybridized carbons (Fsp3) is 0.0833. The zero-order valence-electron chi connectivity index (χ0n) is 9.18. The number of nitrogens with two attached hydrogens (primary N) is 1. The van der Waals surface area contributed by atoms with Crippen LogP contribution in [-0.4, -0.2) is 15.2 Å². The first-order valence-electron chi connectivity index (χ1n) is 5.11. The van der Waals surface area contributed by atoms with Crippen LogP contribution < -0.4 is 5.73 Å². The minimum Gasteiger partial charge on any atom is -0.392 e. The maximum absolute atomic E-state index is 6.00. The van der Waals surface area contributed by atoms with Gasteiger partial charge in [0.05, 0.1) is 26.6 Å². The molecular weight excluding hydrogens is 289 g/mol. The Morgan fingerprint density at radius 3 is 2.56 bits per heavy atom. The van der Waals surface area contributed by atoms with Gasteiger partial charge in [0, 0.05) is 6.20 Å². The minimum absolute atomic E-state index is 0.314. The largest absolute Gasteiger partial charge is 0.392 e. The maximum Gasteiger partial charge on any atom is 0.0864 e. The summed E-state index contributed by atoms with van der Waals surface area (Å²) in [7, 11) is 0. The smallest absolute Gasteiger partial charge is 0.0864 e. The Labute approximate surface area is 120 Å². The van der Waals surface area contributed by atoms with Crippen LogP contribution in [0.5, 0.6) is 0 Å². The normalized spacial score (nSPS) is 12.1. The van der Waals surface area contributed by atoms with Crippen molar-refractivity contribution in [1.29, 1.82) is 0 Å². The summed E-state index contributed by atoms with van der Waals surface area (Å²) < 4.78 is 0. The number of halogens is 2. The molecule has 0 amide bonds. The second-order valence-electron chi connectivity index (χ2n) is 3.66. The summed E-state index contributed by atoms with van der Waals surface area (Å²) in [5.41, 5.74) is 7.30. The summed E-state index contributed by atoms with van der Waals surface area (Å²) in [5, 5.41) is 8.81. The topological polar surface area (TPSA) is 51.8 Å². The van der Waals surface area contributed by atoms with Crippen molar-refractivity contribution >= 4 is 40.4 Å². The van der Waals surface area contributed by atoms with E-state index >= 15 is 0 Å². The molecule has 0 bridgehead atoms. The van der Waals surface area contributed by atoms with Gasteiger partial charge >= 0.3 is 0 Å². The average Bonchev–Trinajstić information content (AvgIpc) is 2.35. The van der Waals surface area contributed by atoms with Gasteiger partial charge in [-0.2, -0.15) is 10.2 Å². The van der Waals surface area contributed by atoms with E-state index in [1.807, 2.05) is 12.1 Å². The molecule has 0 aliphatic rings. The molecule has 3 nitrogen and oxygen atoms in total. The third-order valence-corrected chi connectivity index (χ3v) is 3.42. The number of aromatic nitrogens is 2.